The lowest BCUT2D eigenvalue weighted by molar-refractivity contribution is -0.160. The maximum atomic E-state index is 12.6. The van der Waals surface area contributed by atoms with Crippen LogP contribution in [0.4, 0.5) is 0 Å². The Morgan fingerprint density at radius 1 is 1.15 bits per heavy atom. The van der Waals surface area contributed by atoms with Crippen molar-refractivity contribution in [3.8, 4) is 21.8 Å². The summed E-state index contributed by atoms with van der Waals surface area (Å²) < 4.78 is 7.00. The number of aryl methyl sites for hydroxylation is 1. The van der Waals surface area contributed by atoms with Gasteiger partial charge in [-0.05, 0) is 96.1 Å². The maximum absolute atomic E-state index is 12.6. The highest BCUT2D eigenvalue weighted by Crippen LogP contribution is 2.44. The second-order valence-electron chi connectivity index (χ2n) is 11.2. The predicted octanol–water partition coefficient (Wildman–Crippen LogP) is 7.13. The van der Waals surface area contributed by atoms with Crippen LogP contribution in [0.1, 0.15) is 62.6 Å². The van der Waals surface area contributed by atoms with Crippen LogP contribution in [0.5, 0.6) is 0 Å². The highest BCUT2D eigenvalue weighted by molar-refractivity contribution is 7.22. The number of thiazole rings is 1. The molecule has 39 heavy (non-hydrogen) atoms. The molecule has 4 aromatic rings. The summed E-state index contributed by atoms with van der Waals surface area (Å²) in [6.45, 7) is 9.57. The lowest BCUT2D eigenvalue weighted by atomic mass is 9.91. The molecule has 1 N–H and O–H groups in total. The fourth-order valence-electron chi connectivity index (χ4n) is 5.10. The molecule has 1 aliphatic heterocycles. The second-order valence-corrected chi connectivity index (χ2v) is 12.6. The average molecular weight is 565 g/mol. The second kappa shape index (κ2) is 10.9. The van der Waals surface area contributed by atoms with E-state index in [2.05, 4.69) is 16.9 Å². The summed E-state index contributed by atoms with van der Waals surface area (Å²) in [7, 11) is 2.14. The number of ether oxygens (including phenoxy) is 1. The molecule has 1 unspecified atom stereocenters. The number of carboxylic acids is 1. The minimum Gasteiger partial charge on any atom is -0.479 e. The highest BCUT2D eigenvalue weighted by atomic mass is 35.5. The van der Waals surface area contributed by atoms with Crippen molar-refractivity contribution in [3.63, 3.8) is 0 Å². The zero-order chi connectivity index (χ0) is 27.9. The quantitative estimate of drug-likeness (QED) is 0.266. The number of carbonyl (C=O) groups is 1. The molecule has 204 valence electrons. The van der Waals surface area contributed by atoms with Crippen LogP contribution in [0.15, 0.2) is 42.6 Å². The molecule has 9 heteroatoms. The third kappa shape index (κ3) is 5.99. The summed E-state index contributed by atoms with van der Waals surface area (Å²) in [5.41, 5.74) is 3.99. The summed E-state index contributed by atoms with van der Waals surface area (Å²) in [6, 6.07) is 11.3. The van der Waals surface area contributed by atoms with Crippen LogP contribution in [0.25, 0.3) is 32.0 Å². The Balaban J connectivity index is 1.67. The van der Waals surface area contributed by atoms with E-state index in [1.807, 2.05) is 70.3 Å². The number of rotatable bonds is 6. The van der Waals surface area contributed by atoms with E-state index in [0.717, 1.165) is 69.4 Å². The fourth-order valence-corrected chi connectivity index (χ4v) is 6.33. The number of hydrogen-bond acceptors (Lipinski definition) is 7. The molecular formula is C30H33ClN4O3S. The van der Waals surface area contributed by atoms with Crippen molar-refractivity contribution in [1.82, 2.24) is 19.9 Å². The Labute approximate surface area is 237 Å². The van der Waals surface area contributed by atoms with E-state index in [4.69, 9.17) is 26.3 Å². The molecule has 0 saturated carbocycles. The molecular weight excluding hydrogens is 532 g/mol. The van der Waals surface area contributed by atoms with E-state index in [-0.39, 0.29) is 0 Å². The largest absolute Gasteiger partial charge is 0.479 e. The summed E-state index contributed by atoms with van der Waals surface area (Å²) in [4.78, 5) is 29.4. The highest BCUT2D eigenvalue weighted by Gasteiger charge is 2.32. The minimum atomic E-state index is -1.15. The summed E-state index contributed by atoms with van der Waals surface area (Å²) in [5, 5.41) is 11.7. The third-order valence-electron chi connectivity index (χ3n) is 7.00. The number of hydrogen-bond donors (Lipinski definition) is 1. The molecule has 3 heterocycles. The summed E-state index contributed by atoms with van der Waals surface area (Å²) in [6.07, 6.45) is 2.73. The molecule has 2 aromatic heterocycles. The summed E-state index contributed by atoms with van der Waals surface area (Å²) >= 11 is 7.72. The average Bonchev–Trinajstić information content (AvgIpc) is 3.31. The van der Waals surface area contributed by atoms with Gasteiger partial charge in [0.1, 0.15) is 16.5 Å². The molecule has 5 rings (SSSR count). The molecule has 1 fully saturated rings. The van der Waals surface area contributed by atoms with Gasteiger partial charge in [0.2, 0.25) is 0 Å². The number of halogens is 1. The number of aliphatic carboxylic acids is 1. The first-order chi connectivity index (χ1) is 18.5. The Morgan fingerprint density at radius 3 is 2.49 bits per heavy atom. The predicted molar refractivity (Wildman–Crippen MR) is 157 cm³/mol. The summed E-state index contributed by atoms with van der Waals surface area (Å²) in [5.74, 6) is 0.157. The first kappa shape index (κ1) is 27.6. The van der Waals surface area contributed by atoms with Gasteiger partial charge < -0.3 is 14.7 Å². The zero-order valence-corrected chi connectivity index (χ0v) is 24.4. The molecule has 1 atom stereocenters. The van der Waals surface area contributed by atoms with Crippen molar-refractivity contribution in [2.24, 2.45) is 0 Å². The SMILES string of the molecule is Cc1cc2nc(-c3ccnc(C4CCN(C)CC4)n3)sc2c(-c2ccc(Cl)cc2)c1C(OC(C)(C)C)C(=O)O. The maximum Gasteiger partial charge on any atom is 0.337 e. The number of nitrogens with zero attached hydrogens (tertiary/aromatic N) is 4. The topological polar surface area (TPSA) is 88.4 Å². The smallest absolute Gasteiger partial charge is 0.337 e. The van der Waals surface area contributed by atoms with Crippen LogP contribution >= 0.6 is 22.9 Å². The third-order valence-corrected chi connectivity index (χ3v) is 8.36. The van der Waals surface area contributed by atoms with Crippen molar-refractivity contribution < 1.29 is 14.6 Å². The zero-order valence-electron chi connectivity index (χ0n) is 22.9. The van der Waals surface area contributed by atoms with Crippen LogP contribution in [-0.4, -0.2) is 56.7 Å². The van der Waals surface area contributed by atoms with Crippen LogP contribution in [0, 0.1) is 6.92 Å². The van der Waals surface area contributed by atoms with Gasteiger partial charge in [-0.15, -0.1) is 11.3 Å². The first-order valence-corrected chi connectivity index (χ1v) is 14.3. The number of piperidine rings is 1. The van der Waals surface area contributed by atoms with E-state index >= 15 is 0 Å². The minimum absolute atomic E-state index is 0.333. The van der Waals surface area contributed by atoms with Crippen LogP contribution in [-0.2, 0) is 9.53 Å². The van der Waals surface area contributed by atoms with Gasteiger partial charge in [-0.3, -0.25) is 0 Å². The van der Waals surface area contributed by atoms with Gasteiger partial charge in [-0.2, -0.15) is 0 Å². The lowest BCUT2D eigenvalue weighted by Gasteiger charge is -2.28. The molecule has 1 aliphatic rings. The Morgan fingerprint density at radius 2 is 1.85 bits per heavy atom. The van der Waals surface area contributed by atoms with E-state index in [9.17, 15) is 9.90 Å². The van der Waals surface area contributed by atoms with E-state index in [0.29, 0.717) is 16.5 Å². The molecule has 1 saturated heterocycles. The molecule has 7 nitrogen and oxygen atoms in total. The lowest BCUT2D eigenvalue weighted by Crippen LogP contribution is -2.29. The Kier molecular flexibility index (Phi) is 7.75. The van der Waals surface area contributed by atoms with Crippen molar-refractivity contribution in [2.75, 3.05) is 20.1 Å². The Bertz CT molecular complexity index is 1510. The van der Waals surface area contributed by atoms with Crippen LogP contribution < -0.4 is 0 Å². The molecule has 0 spiro atoms. The molecule has 0 bridgehead atoms. The monoisotopic (exact) mass is 564 g/mol. The number of benzene rings is 2. The van der Waals surface area contributed by atoms with E-state index in [1.165, 1.54) is 11.3 Å². The van der Waals surface area contributed by atoms with Gasteiger partial charge in [-0.1, -0.05) is 23.7 Å². The van der Waals surface area contributed by atoms with Gasteiger partial charge in [0.25, 0.3) is 0 Å². The Hall–Kier alpha value is -2.91. The first-order valence-electron chi connectivity index (χ1n) is 13.1. The van der Waals surface area contributed by atoms with E-state index < -0.39 is 17.7 Å². The molecule has 2 aromatic carbocycles. The standard InChI is InChI=1S/C30H33ClN4O3S/c1-17-16-22-26(39-28(34-22)21-10-13-32-27(33-21)19-11-14-35(5)15-12-19)24(18-6-8-20(31)9-7-18)23(17)25(29(36)37)38-30(2,3)4/h6-10,13,16,19,25H,11-12,14-15H2,1-5H3,(H,36,37). The van der Waals surface area contributed by atoms with Crippen LogP contribution in [0.3, 0.4) is 0 Å². The molecule has 0 aliphatic carbocycles. The van der Waals surface area contributed by atoms with E-state index in [1.54, 1.807) is 0 Å². The number of carboxylic acid groups (broad SMARTS) is 1. The normalized spacial score (nSPS) is 16.1. The van der Waals surface area contributed by atoms with Gasteiger partial charge in [-0.25, -0.2) is 19.7 Å². The van der Waals surface area contributed by atoms with Crippen molar-refractivity contribution >= 4 is 39.1 Å². The van der Waals surface area contributed by atoms with Crippen molar-refractivity contribution in [3.05, 3.63) is 64.6 Å². The number of fused-ring (bicyclic) bond motifs is 1. The van der Waals surface area contributed by atoms with Crippen molar-refractivity contribution in [2.45, 2.75) is 58.2 Å². The molecule has 0 amide bonds. The number of aromatic nitrogens is 3. The van der Waals surface area contributed by atoms with Gasteiger partial charge in [0.15, 0.2) is 6.10 Å². The van der Waals surface area contributed by atoms with Gasteiger partial charge >= 0.3 is 5.97 Å². The number of likely N-dealkylation sites (tertiary alicyclic amines) is 1. The van der Waals surface area contributed by atoms with Crippen LogP contribution in [0.2, 0.25) is 5.02 Å². The fraction of sp³-hybridized carbons (Fsp3) is 0.400. The van der Waals surface area contributed by atoms with Crippen molar-refractivity contribution in [1.29, 1.82) is 0 Å². The van der Waals surface area contributed by atoms with Gasteiger partial charge in [0.05, 0.1) is 15.8 Å². The van der Waals surface area contributed by atoms with Gasteiger partial charge in [0, 0.05) is 28.3 Å². The molecule has 0 radical (unpaired) electrons.